The van der Waals surface area contributed by atoms with E-state index in [1.807, 2.05) is 38.1 Å². The first-order valence-electron chi connectivity index (χ1n) is 8.18. The highest BCUT2D eigenvalue weighted by atomic mass is 16.6. The summed E-state index contributed by atoms with van der Waals surface area (Å²) in [6, 6.07) is 7.90. The van der Waals surface area contributed by atoms with Crippen molar-refractivity contribution in [3.05, 3.63) is 57.1 Å². The van der Waals surface area contributed by atoms with Gasteiger partial charge in [0.1, 0.15) is 11.4 Å². The highest BCUT2D eigenvalue weighted by molar-refractivity contribution is 5.79. The van der Waals surface area contributed by atoms with Crippen molar-refractivity contribution in [2.75, 3.05) is 0 Å². The van der Waals surface area contributed by atoms with Crippen LogP contribution < -0.4 is 10.7 Å². The summed E-state index contributed by atoms with van der Waals surface area (Å²) in [6.45, 7) is 6.55. The van der Waals surface area contributed by atoms with E-state index >= 15 is 0 Å². The summed E-state index contributed by atoms with van der Waals surface area (Å²) in [5, 5.41) is 11.8. The number of aromatic amines is 1. The SMILES string of the molecule is Cc1nonc1CNC(C)CCc1c(C)[nH]c2ccccc2c1=O. The highest BCUT2D eigenvalue weighted by Crippen LogP contribution is 2.13. The molecule has 126 valence electrons. The largest absolute Gasteiger partial charge is 0.358 e. The standard InChI is InChI=1S/C18H22N4O2/c1-11(19-10-17-13(3)21-24-22-17)8-9-14-12(2)20-16-7-5-4-6-15(16)18(14)23/h4-7,11,19H,8-10H2,1-3H3,(H,20,23). The molecular weight excluding hydrogens is 304 g/mol. The van der Waals surface area contributed by atoms with E-state index in [1.165, 1.54) is 0 Å². The second-order valence-corrected chi connectivity index (χ2v) is 6.22. The van der Waals surface area contributed by atoms with Gasteiger partial charge in [0.2, 0.25) is 0 Å². The van der Waals surface area contributed by atoms with Crippen LogP contribution in [-0.4, -0.2) is 21.3 Å². The Morgan fingerprint density at radius 2 is 2.04 bits per heavy atom. The van der Waals surface area contributed by atoms with Crippen LogP contribution in [0.5, 0.6) is 0 Å². The second-order valence-electron chi connectivity index (χ2n) is 6.22. The van der Waals surface area contributed by atoms with E-state index in [0.717, 1.165) is 46.4 Å². The van der Waals surface area contributed by atoms with E-state index < -0.39 is 0 Å². The van der Waals surface area contributed by atoms with E-state index in [2.05, 4.69) is 27.5 Å². The zero-order valence-corrected chi connectivity index (χ0v) is 14.2. The molecule has 2 heterocycles. The number of hydrogen-bond donors (Lipinski definition) is 2. The summed E-state index contributed by atoms with van der Waals surface area (Å²) in [6.07, 6.45) is 1.60. The van der Waals surface area contributed by atoms with Crippen molar-refractivity contribution in [2.24, 2.45) is 0 Å². The lowest BCUT2D eigenvalue weighted by Gasteiger charge is -2.14. The molecule has 0 saturated heterocycles. The van der Waals surface area contributed by atoms with Crippen molar-refractivity contribution in [1.29, 1.82) is 0 Å². The van der Waals surface area contributed by atoms with Crippen molar-refractivity contribution >= 4 is 10.9 Å². The minimum Gasteiger partial charge on any atom is -0.358 e. The van der Waals surface area contributed by atoms with Gasteiger partial charge in [-0.3, -0.25) is 4.79 Å². The highest BCUT2D eigenvalue weighted by Gasteiger charge is 2.12. The molecule has 2 aromatic heterocycles. The van der Waals surface area contributed by atoms with E-state index in [9.17, 15) is 4.79 Å². The molecular formula is C18H22N4O2. The van der Waals surface area contributed by atoms with Gasteiger partial charge in [-0.25, -0.2) is 4.63 Å². The molecule has 0 bridgehead atoms. The Bertz CT molecular complexity index is 897. The Balaban J connectivity index is 1.67. The van der Waals surface area contributed by atoms with Gasteiger partial charge in [0, 0.05) is 34.7 Å². The second kappa shape index (κ2) is 6.97. The molecule has 24 heavy (non-hydrogen) atoms. The van der Waals surface area contributed by atoms with Crippen LogP contribution in [0.15, 0.2) is 33.7 Å². The number of hydrogen-bond acceptors (Lipinski definition) is 5. The number of aromatic nitrogens is 3. The number of pyridine rings is 1. The molecule has 1 unspecified atom stereocenters. The number of fused-ring (bicyclic) bond motifs is 1. The molecule has 0 spiro atoms. The van der Waals surface area contributed by atoms with Gasteiger partial charge in [-0.2, -0.15) is 0 Å². The van der Waals surface area contributed by atoms with Crippen molar-refractivity contribution < 1.29 is 4.63 Å². The molecule has 0 amide bonds. The first-order chi connectivity index (χ1) is 11.6. The Hall–Kier alpha value is -2.47. The molecule has 2 N–H and O–H groups in total. The summed E-state index contributed by atoms with van der Waals surface area (Å²) in [7, 11) is 0. The van der Waals surface area contributed by atoms with Crippen molar-refractivity contribution in [3.63, 3.8) is 0 Å². The molecule has 1 aromatic carbocycles. The quantitative estimate of drug-likeness (QED) is 0.727. The molecule has 3 rings (SSSR count). The average Bonchev–Trinajstić information content (AvgIpc) is 2.98. The minimum absolute atomic E-state index is 0.130. The summed E-state index contributed by atoms with van der Waals surface area (Å²) in [5.41, 5.74) is 4.46. The summed E-state index contributed by atoms with van der Waals surface area (Å²) >= 11 is 0. The van der Waals surface area contributed by atoms with Gasteiger partial charge in [-0.1, -0.05) is 22.4 Å². The summed E-state index contributed by atoms with van der Waals surface area (Å²) in [5.74, 6) is 0. The molecule has 6 nitrogen and oxygen atoms in total. The Morgan fingerprint density at radius 3 is 2.79 bits per heavy atom. The lowest BCUT2D eigenvalue weighted by molar-refractivity contribution is 0.299. The predicted molar refractivity (Wildman–Crippen MR) is 93.0 cm³/mol. The molecule has 0 radical (unpaired) electrons. The maximum absolute atomic E-state index is 12.7. The molecule has 1 atom stereocenters. The molecule has 0 aliphatic carbocycles. The fourth-order valence-corrected chi connectivity index (χ4v) is 2.85. The first-order valence-corrected chi connectivity index (χ1v) is 8.18. The van der Waals surface area contributed by atoms with Crippen LogP contribution in [0.3, 0.4) is 0 Å². The molecule has 0 aliphatic heterocycles. The Kier molecular flexibility index (Phi) is 4.76. The Morgan fingerprint density at radius 1 is 1.25 bits per heavy atom. The number of nitrogens with zero attached hydrogens (tertiary/aromatic N) is 2. The van der Waals surface area contributed by atoms with Crippen molar-refractivity contribution in [2.45, 2.75) is 46.2 Å². The molecule has 6 heteroatoms. The summed E-state index contributed by atoms with van der Waals surface area (Å²) in [4.78, 5) is 16.0. The lowest BCUT2D eigenvalue weighted by atomic mass is 10.0. The topological polar surface area (TPSA) is 83.8 Å². The number of rotatable bonds is 6. The van der Waals surface area contributed by atoms with Gasteiger partial charge in [0.25, 0.3) is 0 Å². The van der Waals surface area contributed by atoms with Crippen molar-refractivity contribution in [3.8, 4) is 0 Å². The predicted octanol–water partition coefficient (Wildman–Crippen LogP) is 2.64. The normalized spacial score (nSPS) is 12.6. The van der Waals surface area contributed by atoms with E-state index in [1.54, 1.807) is 0 Å². The molecule has 0 saturated carbocycles. The number of para-hydroxylation sites is 1. The Labute approximate surface area is 140 Å². The third-order valence-electron chi connectivity index (χ3n) is 4.41. The maximum atomic E-state index is 12.7. The third kappa shape index (κ3) is 3.38. The van der Waals surface area contributed by atoms with Gasteiger partial charge in [-0.05, 0) is 45.7 Å². The van der Waals surface area contributed by atoms with Crippen LogP contribution >= 0.6 is 0 Å². The van der Waals surface area contributed by atoms with Crippen LogP contribution in [0.25, 0.3) is 10.9 Å². The first kappa shape index (κ1) is 16.4. The summed E-state index contributed by atoms with van der Waals surface area (Å²) < 4.78 is 4.69. The van der Waals surface area contributed by atoms with Gasteiger partial charge in [0.15, 0.2) is 5.43 Å². The van der Waals surface area contributed by atoms with Crippen LogP contribution in [-0.2, 0) is 13.0 Å². The van der Waals surface area contributed by atoms with Crippen LogP contribution in [0.1, 0.15) is 36.0 Å². The third-order valence-corrected chi connectivity index (χ3v) is 4.41. The van der Waals surface area contributed by atoms with Gasteiger partial charge >= 0.3 is 0 Å². The van der Waals surface area contributed by atoms with E-state index in [0.29, 0.717) is 6.54 Å². The monoisotopic (exact) mass is 326 g/mol. The number of aryl methyl sites for hydroxylation is 2. The van der Waals surface area contributed by atoms with Crippen molar-refractivity contribution in [1.82, 2.24) is 20.6 Å². The fraction of sp³-hybridized carbons (Fsp3) is 0.389. The number of nitrogens with one attached hydrogen (secondary N) is 2. The smallest absolute Gasteiger partial charge is 0.192 e. The maximum Gasteiger partial charge on any atom is 0.192 e. The molecule has 3 aromatic rings. The van der Waals surface area contributed by atoms with E-state index in [-0.39, 0.29) is 11.5 Å². The molecule has 0 fully saturated rings. The zero-order chi connectivity index (χ0) is 17.1. The van der Waals surface area contributed by atoms with Gasteiger partial charge in [0.05, 0.1) is 0 Å². The van der Waals surface area contributed by atoms with E-state index in [4.69, 9.17) is 4.63 Å². The fourth-order valence-electron chi connectivity index (χ4n) is 2.85. The lowest BCUT2D eigenvalue weighted by Crippen LogP contribution is -2.27. The number of H-pyrrole nitrogens is 1. The van der Waals surface area contributed by atoms with Gasteiger partial charge in [-0.15, -0.1) is 0 Å². The zero-order valence-electron chi connectivity index (χ0n) is 14.2. The minimum atomic E-state index is 0.130. The van der Waals surface area contributed by atoms with Crippen LogP contribution in [0.2, 0.25) is 0 Å². The molecule has 0 aliphatic rings. The average molecular weight is 326 g/mol. The van der Waals surface area contributed by atoms with Crippen LogP contribution in [0, 0.1) is 13.8 Å². The number of benzene rings is 1. The van der Waals surface area contributed by atoms with Crippen LogP contribution in [0.4, 0.5) is 0 Å². The van der Waals surface area contributed by atoms with Gasteiger partial charge < -0.3 is 10.3 Å².